The van der Waals surface area contributed by atoms with Crippen molar-refractivity contribution in [3.63, 3.8) is 0 Å². The minimum Gasteiger partial charge on any atom is -0.305 e. The molecule has 1 aliphatic rings. The molecule has 1 nitrogen and oxygen atoms in total. The summed E-state index contributed by atoms with van der Waals surface area (Å²) in [7, 11) is 2.25. The number of nitrogens with zero attached hydrogens (tertiary/aromatic N) is 1. The highest BCUT2D eigenvalue weighted by Crippen LogP contribution is 2.39. The maximum Gasteiger partial charge on any atom is 0.0108 e. The fraction of sp³-hybridized carbons (Fsp3) is 0.375. The van der Waals surface area contributed by atoms with Crippen molar-refractivity contribution in [1.29, 1.82) is 0 Å². The first-order valence-electron chi connectivity index (χ1n) is 6.75. The largest absolute Gasteiger partial charge is 0.305 e. The predicted octanol–water partition coefficient (Wildman–Crippen LogP) is 4.11. The van der Waals surface area contributed by atoms with E-state index in [1.54, 1.807) is 5.56 Å². The Kier molecular flexibility index (Phi) is 4.26. The van der Waals surface area contributed by atoms with Gasteiger partial charge >= 0.3 is 0 Å². The van der Waals surface area contributed by atoms with Crippen LogP contribution in [0.1, 0.15) is 16.4 Å². The van der Waals surface area contributed by atoms with E-state index in [0.717, 1.165) is 6.54 Å². The van der Waals surface area contributed by atoms with Gasteiger partial charge in [-0.3, -0.25) is 0 Å². The van der Waals surface area contributed by atoms with Crippen LogP contribution in [0.25, 0.3) is 0 Å². The zero-order valence-corrected chi connectivity index (χ0v) is 12.8. The Labute approximate surface area is 123 Å². The second kappa shape index (κ2) is 6.12. The Balaban J connectivity index is 1.54. The average Bonchev–Trinajstić information content (AvgIpc) is 3.07. The molecule has 2 aromatic rings. The average molecular weight is 289 g/mol. The summed E-state index contributed by atoms with van der Waals surface area (Å²) in [4.78, 5) is 5.46. The molecule has 0 radical (unpaired) electrons. The fourth-order valence-corrected chi connectivity index (χ4v) is 4.54. The molecule has 0 N–H and O–H groups in total. The van der Waals surface area contributed by atoms with Gasteiger partial charge in [-0.1, -0.05) is 24.3 Å². The smallest absolute Gasteiger partial charge is 0.0108 e. The van der Waals surface area contributed by atoms with Gasteiger partial charge in [0.1, 0.15) is 0 Å². The molecule has 1 aliphatic heterocycles. The van der Waals surface area contributed by atoms with Gasteiger partial charge in [0.2, 0.25) is 0 Å². The Hall–Kier alpha value is -0.770. The summed E-state index contributed by atoms with van der Waals surface area (Å²) in [6, 6.07) is 13.2. The van der Waals surface area contributed by atoms with E-state index in [0.29, 0.717) is 5.92 Å². The number of thiophene rings is 1. The Bertz CT molecular complexity index is 521. The SMILES string of the molecule is CN(CCc1cccs1)CC1CSc2ccccc21. The Morgan fingerprint density at radius 1 is 1.21 bits per heavy atom. The highest BCUT2D eigenvalue weighted by molar-refractivity contribution is 7.99. The van der Waals surface area contributed by atoms with Gasteiger partial charge in [-0.05, 0) is 36.5 Å². The van der Waals surface area contributed by atoms with E-state index in [1.165, 1.54) is 28.5 Å². The summed E-state index contributed by atoms with van der Waals surface area (Å²) < 4.78 is 0. The van der Waals surface area contributed by atoms with E-state index >= 15 is 0 Å². The molecule has 19 heavy (non-hydrogen) atoms. The highest BCUT2D eigenvalue weighted by atomic mass is 32.2. The topological polar surface area (TPSA) is 3.24 Å². The molecule has 1 unspecified atom stereocenters. The zero-order valence-electron chi connectivity index (χ0n) is 11.2. The minimum absolute atomic E-state index is 0.703. The first kappa shape index (κ1) is 13.2. The monoisotopic (exact) mass is 289 g/mol. The summed E-state index contributed by atoms with van der Waals surface area (Å²) in [5, 5.41) is 2.17. The molecule has 0 aliphatic carbocycles. The van der Waals surface area contributed by atoms with Gasteiger partial charge in [-0.2, -0.15) is 0 Å². The summed E-state index contributed by atoms with van der Waals surface area (Å²) in [6.07, 6.45) is 1.18. The van der Waals surface area contributed by atoms with Gasteiger partial charge in [0, 0.05) is 34.5 Å². The van der Waals surface area contributed by atoms with Crippen LogP contribution in [0.3, 0.4) is 0 Å². The van der Waals surface area contributed by atoms with Crippen LogP contribution in [0.2, 0.25) is 0 Å². The second-order valence-corrected chi connectivity index (χ2v) is 7.23. The molecule has 0 bridgehead atoms. The standard InChI is InChI=1S/C16H19NS2/c1-17(9-8-14-5-4-10-18-14)11-13-12-19-16-7-3-2-6-15(13)16/h2-7,10,13H,8-9,11-12H2,1H3. The summed E-state index contributed by atoms with van der Waals surface area (Å²) in [5.41, 5.74) is 1.55. The highest BCUT2D eigenvalue weighted by Gasteiger charge is 2.23. The lowest BCUT2D eigenvalue weighted by molar-refractivity contribution is 0.323. The number of thioether (sulfide) groups is 1. The van der Waals surface area contributed by atoms with Crippen molar-refractivity contribution in [3.05, 3.63) is 52.2 Å². The Morgan fingerprint density at radius 2 is 2.11 bits per heavy atom. The first-order chi connectivity index (χ1) is 9.33. The van der Waals surface area contributed by atoms with Gasteiger partial charge < -0.3 is 4.90 Å². The fourth-order valence-electron chi connectivity index (χ4n) is 2.60. The number of hydrogen-bond donors (Lipinski definition) is 0. The van der Waals surface area contributed by atoms with Gasteiger partial charge in [0.05, 0.1) is 0 Å². The molecule has 1 aromatic carbocycles. The number of likely N-dealkylation sites (N-methyl/N-ethyl adjacent to an activating group) is 1. The Morgan fingerprint density at radius 3 is 2.95 bits per heavy atom. The maximum atomic E-state index is 2.48. The molecule has 3 rings (SSSR count). The third kappa shape index (κ3) is 3.22. The van der Waals surface area contributed by atoms with Gasteiger partial charge in [-0.25, -0.2) is 0 Å². The van der Waals surface area contributed by atoms with Crippen LogP contribution in [0.5, 0.6) is 0 Å². The van der Waals surface area contributed by atoms with Crippen molar-refractivity contribution < 1.29 is 0 Å². The third-order valence-electron chi connectivity index (χ3n) is 3.65. The predicted molar refractivity (Wildman–Crippen MR) is 85.4 cm³/mol. The van der Waals surface area contributed by atoms with E-state index < -0.39 is 0 Å². The number of fused-ring (bicyclic) bond motifs is 1. The van der Waals surface area contributed by atoms with Crippen molar-refractivity contribution in [3.8, 4) is 0 Å². The zero-order chi connectivity index (χ0) is 13.1. The van der Waals surface area contributed by atoms with E-state index in [-0.39, 0.29) is 0 Å². The molecule has 0 saturated heterocycles. The molecule has 0 spiro atoms. The van der Waals surface area contributed by atoms with Gasteiger partial charge in [-0.15, -0.1) is 23.1 Å². The maximum absolute atomic E-state index is 2.48. The van der Waals surface area contributed by atoms with E-state index in [4.69, 9.17) is 0 Å². The van der Waals surface area contributed by atoms with Crippen LogP contribution < -0.4 is 0 Å². The molecule has 1 atom stereocenters. The lowest BCUT2D eigenvalue weighted by atomic mass is 10.0. The van der Waals surface area contributed by atoms with Crippen LogP contribution >= 0.6 is 23.1 Å². The van der Waals surface area contributed by atoms with Gasteiger partial charge in [0.15, 0.2) is 0 Å². The number of rotatable bonds is 5. The van der Waals surface area contributed by atoms with Crippen molar-refractivity contribution in [2.24, 2.45) is 0 Å². The van der Waals surface area contributed by atoms with Crippen molar-refractivity contribution in [2.45, 2.75) is 17.2 Å². The second-order valence-electron chi connectivity index (χ2n) is 5.14. The summed E-state index contributed by atoms with van der Waals surface area (Å²) in [6.45, 7) is 2.33. The van der Waals surface area contributed by atoms with E-state index in [1.807, 2.05) is 23.1 Å². The summed E-state index contributed by atoms with van der Waals surface area (Å²) >= 11 is 3.87. The summed E-state index contributed by atoms with van der Waals surface area (Å²) in [5.74, 6) is 1.94. The van der Waals surface area contributed by atoms with E-state index in [2.05, 4.69) is 53.7 Å². The molecule has 100 valence electrons. The van der Waals surface area contributed by atoms with Crippen molar-refractivity contribution >= 4 is 23.1 Å². The van der Waals surface area contributed by atoms with Crippen molar-refractivity contribution in [1.82, 2.24) is 4.90 Å². The van der Waals surface area contributed by atoms with Crippen LogP contribution in [0.15, 0.2) is 46.7 Å². The number of hydrogen-bond acceptors (Lipinski definition) is 3. The van der Waals surface area contributed by atoms with Crippen LogP contribution in [-0.2, 0) is 6.42 Å². The van der Waals surface area contributed by atoms with Crippen LogP contribution in [0.4, 0.5) is 0 Å². The lowest BCUT2D eigenvalue weighted by Crippen LogP contribution is -2.26. The molecule has 0 amide bonds. The van der Waals surface area contributed by atoms with Crippen LogP contribution in [-0.4, -0.2) is 30.8 Å². The third-order valence-corrected chi connectivity index (χ3v) is 5.84. The lowest BCUT2D eigenvalue weighted by Gasteiger charge is -2.20. The minimum atomic E-state index is 0.703. The number of benzene rings is 1. The molecule has 0 saturated carbocycles. The first-order valence-corrected chi connectivity index (χ1v) is 8.62. The molecule has 3 heteroatoms. The molecule has 2 heterocycles. The van der Waals surface area contributed by atoms with Gasteiger partial charge in [0.25, 0.3) is 0 Å². The van der Waals surface area contributed by atoms with Crippen LogP contribution in [0, 0.1) is 0 Å². The van der Waals surface area contributed by atoms with Crippen molar-refractivity contribution in [2.75, 3.05) is 25.9 Å². The normalized spacial score (nSPS) is 17.9. The molecule has 1 aromatic heterocycles. The molecular weight excluding hydrogens is 270 g/mol. The molecular formula is C16H19NS2. The van der Waals surface area contributed by atoms with E-state index in [9.17, 15) is 0 Å². The quantitative estimate of drug-likeness (QED) is 0.815. The molecule has 0 fully saturated rings.